The van der Waals surface area contributed by atoms with Gasteiger partial charge in [-0.2, -0.15) is 11.8 Å². The Balaban J connectivity index is 2.20. The van der Waals surface area contributed by atoms with Crippen LogP contribution in [0.2, 0.25) is 5.02 Å². The number of amides is 1. The SMILES string of the molecule is CCOC(=O)C(N)CCSCC(=O)Nc1cccc(Cl)c1. The van der Waals surface area contributed by atoms with Crippen LogP contribution < -0.4 is 11.1 Å². The Morgan fingerprint density at radius 3 is 2.90 bits per heavy atom. The van der Waals surface area contributed by atoms with E-state index in [1.54, 1.807) is 31.2 Å². The van der Waals surface area contributed by atoms with Crippen molar-refractivity contribution >= 4 is 40.9 Å². The lowest BCUT2D eigenvalue weighted by molar-refractivity contribution is -0.144. The topological polar surface area (TPSA) is 81.4 Å². The van der Waals surface area contributed by atoms with Gasteiger partial charge in [0.25, 0.3) is 0 Å². The summed E-state index contributed by atoms with van der Waals surface area (Å²) in [5, 5.41) is 3.32. The molecule has 116 valence electrons. The molecule has 0 fully saturated rings. The molecular formula is C14H19ClN2O3S. The maximum Gasteiger partial charge on any atom is 0.322 e. The molecule has 1 aromatic carbocycles. The summed E-state index contributed by atoms with van der Waals surface area (Å²) in [6.45, 7) is 2.06. The Morgan fingerprint density at radius 1 is 1.48 bits per heavy atom. The van der Waals surface area contributed by atoms with Gasteiger partial charge in [-0.1, -0.05) is 17.7 Å². The molecule has 1 unspecified atom stereocenters. The predicted octanol–water partition coefficient (Wildman–Crippen LogP) is 2.29. The van der Waals surface area contributed by atoms with Crippen LogP contribution in [-0.4, -0.2) is 36.0 Å². The zero-order valence-corrected chi connectivity index (χ0v) is 13.4. The lowest BCUT2D eigenvalue weighted by atomic mass is 10.2. The van der Waals surface area contributed by atoms with Crippen molar-refractivity contribution in [2.75, 3.05) is 23.4 Å². The highest BCUT2D eigenvalue weighted by atomic mass is 35.5. The van der Waals surface area contributed by atoms with Gasteiger partial charge in [0.1, 0.15) is 6.04 Å². The van der Waals surface area contributed by atoms with Crippen molar-refractivity contribution in [1.82, 2.24) is 0 Å². The number of carbonyl (C=O) groups is 2. The summed E-state index contributed by atoms with van der Waals surface area (Å²) in [6.07, 6.45) is 0.480. The molecule has 0 bridgehead atoms. The van der Waals surface area contributed by atoms with E-state index in [-0.39, 0.29) is 5.91 Å². The molecule has 0 radical (unpaired) electrons. The van der Waals surface area contributed by atoms with E-state index in [9.17, 15) is 9.59 Å². The third kappa shape index (κ3) is 7.36. The Morgan fingerprint density at radius 2 is 2.24 bits per heavy atom. The molecule has 1 amide bonds. The van der Waals surface area contributed by atoms with Gasteiger partial charge in [-0.3, -0.25) is 9.59 Å². The number of thioether (sulfide) groups is 1. The van der Waals surface area contributed by atoms with Crippen molar-refractivity contribution in [3.63, 3.8) is 0 Å². The highest BCUT2D eigenvalue weighted by molar-refractivity contribution is 7.99. The molecule has 0 aliphatic rings. The molecular weight excluding hydrogens is 312 g/mol. The van der Waals surface area contributed by atoms with Crippen LogP contribution in [0.25, 0.3) is 0 Å². The fourth-order valence-electron chi connectivity index (χ4n) is 1.51. The summed E-state index contributed by atoms with van der Waals surface area (Å²) in [7, 11) is 0. The highest BCUT2D eigenvalue weighted by Crippen LogP contribution is 2.15. The average molecular weight is 331 g/mol. The van der Waals surface area contributed by atoms with Crippen molar-refractivity contribution in [2.45, 2.75) is 19.4 Å². The minimum Gasteiger partial charge on any atom is -0.465 e. The first-order valence-electron chi connectivity index (χ1n) is 6.58. The predicted molar refractivity (Wildman–Crippen MR) is 86.6 cm³/mol. The second kappa shape index (κ2) is 9.65. The monoisotopic (exact) mass is 330 g/mol. The summed E-state index contributed by atoms with van der Waals surface area (Å²) < 4.78 is 4.81. The first-order chi connectivity index (χ1) is 10.0. The summed E-state index contributed by atoms with van der Waals surface area (Å²) in [4.78, 5) is 23.0. The number of hydrogen-bond donors (Lipinski definition) is 2. The van der Waals surface area contributed by atoms with E-state index in [1.807, 2.05) is 0 Å². The molecule has 0 aliphatic carbocycles. The second-order valence-corrected chi connectivity index (χ2v) is 5.80. The van der Waals surface area contributed by atoms with Crippen LogP contribution in [0.3, 0.4) is 0 Å². The van der Waals surface area contributed by atoms with E-state index in [0.717, 1.165) is 0 Å². The van der Waals surface area contributed by atoms with Gasteiger partial charge in [-0.05, 0) is 37.3 Å². The summed E-state index contributed by atoms with van der Waals surface area (Å²) in [5.41, 5.74) is 6.32. The quantitative estimate of drug-likeness (QED) is 0.564. The Hall–Kier alpha value is -1.24. The normalized spacial score (nSPS) is 11.8. The maximum atomic E-state index is 11.7. The third-order valence-corrected chi connectivity index (χ3v) is 3.73. The zero-order valence-electron chi connectivity index (χ0n) is 11.8. The average Bonchev–Trinajstić information content (AvgIpc) is 2.43. The fourth-order valence-corrected chi connectivity index (χ4v) is 2.52. The van der Waals surface area contributed by atoms with Crippen LogP contribution in [0, 0.1) is 0 Å². The molecule has 1 aromatic rings. The molecule has 3 N–H and O–H groups in total. The van der Waals surface area contributed by atoms with Crippen LogP contribution in [0.15, 0.2) is 24.3 Å². The van der Waals surface area contributed by atoms with E-state index < -0.39 is 12.0 Å². The second-order valence-electron chi connectivity index (χ2n) is 4.26. The fraction of sp³-hybridized carbons (Fsp3) is 0.429. The third-order valence-electron chi connectivity index (χ3n) is 2.50. The molecule has 7 heteroatoms. The molecule has 1 rings (SSSR count). The first kappa shape index (κ1) is 17.8. The molecule has 0 spiro atoms. The van der Waals surface area contributed by atoms with Crippen molar-refractivity contribution < 1.29 is 14.3 Å². The molecule has 5 nitrogen and oxygen atoms in total. The maximum absolute atomic E-state index is 11.7. The smallest absolute Gasteiger partial charge is 0.322 e. The molecule has 0 aromatic heterocycles. The van der Waals surface area contributed by atoms with E-state index in [4.69, 9.17) is 22.1 Å². The van der Waals surface area contributed by atoms with Gasteiger partial charge in [0.15, 0.2) is 0 Å². The highest BCUT2D eigenvalue weighted by Gasteiger charge is 2.14. The minimum absolute atomic E-state index is 0.119. The standard InChI is InChI=1S/C14H19ClN2O3S/c1-2-20-14(19)12(16)6-7-21-9-13(18)17-11-5-3-4-10(15)8-11/h3-5,8,12H,2,6-7,9,16H2,1H3,(H,17,18). The number of carbonyl (C=O) groups excluding carboxylic acids is 2. The van der Waals surface area contributed by atoms with Gasteiger partial charge in [-0.25, -0.2) is 0 Å². The number of ether oxygens (including phenoxy) is 1. The number of nitrogens with two attached hydrogens (primary N) is 1. The van der Waals surface area contributed by atoms with E-state index in [0.29, 0.717) is 35.2 Å². The van der Waals surface area contributed by atoms with Crippen LogP contribution >= 0.6 is 23.4 Å². The van der Waals surface area contributed by atoms with Gasteiger partial charge < -0.3 is 15.8 Å². The molecule has 0 saturated carbocycles. The van der Waals surface area contributed by atoms with Crippen molar-refractivity contribution in [3.8, 4) is 0 Å². The lowest BCUT2D eigenvalue weighted by Crippen LogP contribution is -2.32. The van der Waals surface area contributed by atoms with Gasteiger partial charge in [0.2, 0.25) is 5.91 Å². The summed E-state index contributed by atoms with van der Waals surface area (Å²) in [5.74, 6) is 0.388. The number of rotatable bonds is 8. The number of anilines is 1. The van der Waals surface area contributed by atoms with Gasteiger partial charge >= 0.3 is 5.97 Å². The van der Waals surface area contributed by atoms with Gasteiger partial charge in [0, 0.05) is 10.7 Å². The summed E-state index contributed by atoms with van der Waals surface area (Å²) >= 11 is 7.25. The van der Waals surface area contributed by atoms with Crippen molar-refractivity contribution in [3.05, 3.63) is 29.3 Å². The van der Waals surface area contributed by atoms with Gasteiger partial charge in [-0.15, -0.1) is 0 Å². The van der Waals surface area contributed by atoms with Crippen molar-refractivity contribution in [1.29, 1.82) is 0 Å². The lowest BCUT2D eigenvalue weighted by Gasteiger charge is -2.10. The number of benzene rings is 1. The Bertz CT molecular complexity index is 485. The number of hydrogen-bond acceptors (Lipinski definition) is 5. The molecule has 0 aliphatic heterocycles. The van der Waals surface area contributed by atoms with E-state index in [2.05, 4.69) is 5.32 Å². The van der Waals surface area contributed by atoms with Crippen LogP contribution in [-0.2, 0) is 14.3 Å². The van der Waals surface area contributed by atoms with Crippen LogP contribution in [0.5, 0.6) is 0 Å². The minimum atomic E-state index is -0.631. The number of nitrogens with one attached hydrogen (secondary N) is 1. The molecule has 0 saturated heterocycles. The zero-order chi connectivity index (χ0) is 15.7. The van der Waals surface area contributed by atoms with Crippen LogP contribution in [0.1, 0.15) is 13.3 Å². The van der Waals surface area contributed by atoms with E-state index in [1.165, 1.54) is 11.8 Å². The number of halogens is 1. The number of esters is 1. The Kier molecular flexibility index (Phi) is 8.19. The largest absolute Gasteiger partial charge is 0.465 e. The van der Waals surface area contributed by atoms with Gasteiger partial charge in [0.05, 0.1) is 12.4 Å². The van der Waals surface area contributed by atoms with E-state index >= 15 is 0 Å². The first-order valence-corrected chi connectivity index (χ1v) is 8.11. The van der Waals surface area contributed by atoms with Crippen LogP contribution in [0.4, 0.5) is 5.69 Å². The van der Waals surface area contributed by atoms with Crippen molar-refractivity contribution in [2.24, 2.45) is 5.73 Å². The summed E-state index contributed by atoms with van der Waals surface area (Å²) in [6, 6.07) is 6.33. The molecule has 21 heavy (non-hydrogen) atoms. The molecule has 1 atom stereocenters. The molecule has 0 heterocycles. The Labute approximate surface area is 133 Å².